The molecule has 2 aliphatic rings. The molecule has 23 heavy (non-hydrogen) atoms. The van der Waals surface area contributed by atoms with Gasteiger partial charge in [0.05, 0.1) is 18.4 Å². The average molecular weight is 320 g/mol. The first kappa shape index (κ1) is 16.3. The summed E-state index contributed by atoms with van der Waals surface area (Å²) in [7, 11) is 1.87. The van der Waals surface area contributed by atoms with Crippen LogP contribution in [0.15, 0.2) is 18.6 Å². The maximum Gasteiger partial charge on any atom is 0.274 e. The van der Waals surface area contributed by atoms with Crippen LogP contribution in [-0.2, 0) is 4.74 Å². The lowest BCUT2D eigenvalue weighted by molar-refractivity contribution is -0.189. The number of hydrogen-bond acceptors (Lipinski definition) is 6. The van der Waals surface area contributed by atoms with Gasteiger partial charge in [-0.3, -0.25) is 9.78 Å². The van der Waals surface area contributed by atoms with E-state index in [0.717, 1.165) is 19.3 Å². The van der Waals surface area contributed by atoms with E-state index in [-0.39, 0.29) is 17.6 Å². The first-order valence-corrected chi connectivity index (χ1v) is 8.05. The van der Waals surface area contributed by atoms with Gasteiger partial charge in [0.2, 0.25) is 0 Å². The predicted octanol–water partition coefficient (Wildman–Crippen LogP) is 0.211. The van der Waals surface area contributed by atoms with Crippen molar-refractivity contribution in [1.82, 2.24) is 20.2 Å². The molecule has 1 aromatic heterocycles. The largest absolute Gasteiger partial charge is 0.386 e. The number of hydrogen-bond donors (Lipinski definition) is 2. The third-order valence-corrected chi connectivity index (χ3v) is 5.09. The Morgan fingerprint density at radius 2 is 2.17 bits per heavy atom. The zero-order chi connectivity index (χ0) is 16.5. The number of piperidine rings is 1. The van der Waals surface area contributed by atoms with Crippen LogP contribution in [0.25, 0.3) is 0 Å². The Balaban J connectivity index is 1.63. The fourth-order valence-corrected chi connectivity index (χ4v) is 3.50. The Hall–Kier alpha value is -1.57. The Labute approximate surface area is 136 Å². The molecule has 1 spiro atoms. The Kier molecular flexibility index (Phi) is 4.35. The van der Waals surface area contributed by atoms with E-state index in [9.17, 15) is 9.90 Å². The van der Waals surface area contributed by atoms with E-state index in [1.807, 2.05) is 7.05 Å². The molecule has 0 saturated carbocycles. The van der Waals surface area contributed by atoms with Gasteiger partial charge in [-0.25, -0.2) is 4.98 Å². The number of nitrogens with zero attached hydrogens (tertiary/aromatic N) is 3. The van der Waals surface area contributed by atoms with Crippen LogP contribution in [0.3, 0.4) is 0 Å². The van der Waals surface area contributed by atoms with Gasteiger partial charge in [-0.2, -0.15) is 0 Å². The third-order valence-electron chi connectivity index (χ3n) is 5.09. The van der Waals surface area contributed by atoms with Crippen LogP contribution in [0, 0.1) is 0 Å². The monoisotopic (exact) mass is 320 g/mol. The maximum atomic E-state index is 12.4. The number of likely N-dealkylation sites (N-methyl/N-ethyl adjacent to an activating group) is 1. The van der Waals surface area contributed by atoms with Crippen molar-refractivity contribution >= 4 is 5.91 Å². The van der Waals surface area contributed by atoms with Crippen molar-refractivity contribution in [2.45, 2.75) is 43.4 Å². The van der Waals surface area contributed by atoms with Gasteiger partial charge < -0.3 is 20.1 Å². The van der Waals surface area contributed by atoms with Crippen molar-refractivity contribution in [2.24, 2.45) is 0 Å². The van der Waals surface area contributed by atoms with E-state index in [1.54, 1.807) is 18.0 Å². The van der Waals surface area contributed by atoms with Crippen LogP contribution in [0.5, 0.6) is 0 Å². The SMILES string of the molecule is CN[C@H]1CC2(CCN(C(=O)c3cnccn3)CC2)OC[C@]1(C)O. The normalized spacial score (nSPS) is 30.4. The van der Waals surface area contributed by atoms with E-state index < -0.39 is 5.60 Å². The molecule has 2 N–H and O–H groups in total. The van der Waals surface area contributed by atoms with Crippen molar-refractivity contribution in [3.05, 3.63) is 24.3 Å². The minimum absolute atomic E-state index is 0.00140. The maximum absolute atomic E-state index is 12.4. The number of aromatic nitrogens is 2. The highest BCUT2D eigenvalue weighted by Gasteiger charge is 2.48. The zero-order valence-electron chi connectivity index (χ0n) is 13.7. The van der Waals surface area contributed by atoms with Crippen LogP contribution in [-0.4, -0.2) is 69.9 Å². The van der Waals surface area contributed by atoms with Crippen molar-refractivity contribution in [2.75, 3.05) is 26.7 Å². The summed E-state index contributed by atoms with van der Waals surface area (Å²) < 4.78 is 6.03. The topological polar surface area (TPSA) is 87.6 Å². The summed E-state index contributed by atoms with van der Waals surface area (Å²) in [5, 5.41) is 13.6. The Morgan fingerprint density at radius 1 is 1.43 bits per heavy atom. The van der Waals surface area contributed by atoms with E-state index in [4.69, 9.17) is 4.74 Å². The average Bonchev–Trinajstić information content (AvgIpc) is 2.58. The fraction of sp³-hybridized carbons (Fsp3) is 0.688. The van der Waals surface area contributed by atoms with Gasteiger partial charge in [0.1, 0.15) is 11.3 Å². The lowest BCUT2D eigenvalue weighted by Gasteiger charge is -2.50. The van der Waals surface area contributed by atoms with Gasteiger partial charge in [-0.1, -0.05) is 0 Å². The number of rotatable bonds is 2. The van der Waals surface area contributed by atoms with Crippen LogP contribution in [0.2, 0.25) is 0 Å². The first-order chi connectivity index (χ1) is 11.0. The molecule has 0 aliphatic carbocycles. The second-order valence-electron chi connectivity index (χ2n) is 6.76. The summed E-state index contributed by atoms with van der Waals surface area (Å²) in [6.45, 7) is 3.38. The molecular weight excluding hydrogens is 296 g/mol. The molecule has 1 amide bonds. The summed E-state index contributed by atoms with van der Waals surface area (Å²) in [6.07, 6.45) is 6.88. The highest BCUT2D eigenvalue weighted by atomic mass is 16.5. The van der Waals surface area contributed by atoms with Crippen LogP contribution in [0.4, 0.5) is 0 Å². The molecule has 3 heterocycles. The molecule has 2 fully saturated rings. The third kappa shape index (κ3) is 3.22. The lowest BCUT2D eigenvalue weighted by atomic mass is 9.77. The molecule has 2 atom stereocenters. The number of likely N-dealkylation sites (tertiary alicyclic amines) is 1. The van der Waals surface area contributed by atoms with E-state index in [1.165, 1.54) is 12.4 Å². The number of carbonyl (C=O) groups excluding carboxylic acids is 1. The van der Waals surface area contributed by atoms with Gasteiger partial charge in [0, 0.05) is 31.5 Å². The molecule has 7 heteroatoms. The van der Waals surface area contributed by atoms with Crippen LogP contribution >= 0.6 is 0 Å². The van der Waals surface area contributed by atoms with Gasteiger partial charge in [0.15, 0.2) is 0 Å². The molecule has 0 aromatic carbocycles. The summed E-state index contributed by atoms with van der Waals surface area (Å²) in [4.78, 5) is 22.3. The van der Waals surface area contributed by atoms with Crippen molar-refractivity contribution in [1.29, 1.82) is 0 Å². The minimum Gasteiger partial charge on any atom is -0.386 e. The Morgan fingerprint density at radius 3 is 2.78 bits per heavy atom. The summed E-state index contributed by atoms with van der Waals surface area (Å²) in [5.41, 5.74) is -0.731. The van der Waals surface area contributed by atoms with Crippen molar-refractivity contribution in [3.8, 4) is 0 Å². The highest BCUT2D eigenvalue weighted by Crippen LogP contribution is 2.38. The molecule has 126 valence electrons. The number of amides is 1. The number of ether oxygens (including phenoxy) is 1. The predicted molar refractivity (Wildman–Crippen MR) is 83.9 cm³/mol. The molecule has 0 unspecified atom stereocenters. The fourth-order valence-electron chi connectivity index (χ4n) is 3.50. The van der Waals surface area contributed by atoms with Crippen LogP contribution < -0.4 is 5.32 Å². The molecule has 0 radical (unpaired) electrons. The summed E-state index contributed by atoms with van der Waals surface area (Å²) in [6, 6.07) is -0.00140. The van der Waals surface area contributed by atoms with E-state index in [2.05, 4.69) is 15.3 Å². The minimum atomic E-state index is -0.855. The van der Waals surface area contributed by atoms with Crippen molar-refractivity contribution in [3.63, 3.8) is 0 Å². The van der Waals surface area contributed by atoms with E-state index in [0.29, 0.717) is 25.4 Å². The number of nitrogens with one attached hydrogen (secondary N) is 1. The Bertz CT molecular complexity index is 556. The van der Waals surface area contributed by atoms with Crippen molar-refractivity contribution < 1.29 is 14.6 Å². The molecular formula is C16H24N4O3. The zero-order valence-corrected chi connectivity index (χ0v) is 13.7. The molecule has 0 bridgehead atoms. The van der Waals surface area contributed by atoms with Gasteiger partial charge >= 0.3 is 0 Å². The van der Waals surface area contributed by atoms with Gasteiger partial charge in [0.25, 0.3) is 5.91 Å². The molecule has 7 nitrogen and oxygen atoms in total. The van der Waals surface area contributed by atoms with Gasteiger partial charge in [-0.05, 0) is 33.2 Å². The number of aliphatic hydroxyl groups is 1. The second-order valence-corrected chi connectivity index (χ2v) is 6.76. The second kappa shape index (κ2) is 6.14. The lowest BCUT2D eigenvalue weighted by Crippen LogP contribution is -2.62. The van der Waals surface area contributed by atoms with Gasteiger partial charge in [-0.15, -0.1) is 0 Å². The molecule has 2 saturated heterocycles. The van der Waals surface area contributed by atoms with E-state index >= 15 is 0 Å². The highest BCUT2D eigenvalue weighted by molar-refractivity contribution is 5.92. The standard InChI is InChI=1S/C16H24N4O3/c1-15(22)11-23-16(9-13(15)17-2)3-7-20(8-4-16)14(21)12-10-18-5-6-19-12/h5-6,10,13,17,22H,3-4,7-9,11H2,1-2H3/t13-,15-/m0/s1. The first-order valence-electron chi connectivity index (χ1n) is 8.05. The molecule has 1 aromatic rings. The smallest absolute Gasteiger partial charge is 0.274 e. The summed E-state index contributed by atoms with van der Waals surface area (Å²) in [5.74, 6) is -0.0825. The number of carbonyl (C=O) groups is 1. The molecule has 3 rings (SSSR count). The molecule has 2 aliphatic heterocycles. The van der Waals surface area contributed by atoms with Crippen LogP contribution in [0.1, 0.15) is 36.7 Å². The summed E-state index contributed by atoms with van der Waals surface area (Å²) >= 11 is 0. The quantitative estimate of drug-likeness (QED) is 0.810.